The van der Waals surface area contributed by atoms with Crippen LogP contribution in [-0.4, -0.2) is 34.3 Å². The number of sulfonamides is 1. The summed E-state index contributed by atoms with van der Waals surface area (Å²) in [6, 6.07) is 8.79. The zero-order valence-corrected chi connectivity index (χ0v) is 22.1. The quantitative estimate of drug-likeness (QED) is 0.290. The van der Waals surface area contributed by atoms with E-state index in [9.17, 15) is 22.7 Å². The van der Waals surface area contributed by atoms with Crippen LogP contribution in [0.15, 0.2) is 46.7 Å². The van der Waals surface area contributed by atoms with Gasteiger partial charge in [-0.25, -0.2) is 32.4 Å². The Kier molecular flexibility index (Phi) is 6.84. The molecule has 0 bridgehead atoms. The second-order valence-electron chi connectivity index (χ2n) is 8.80. The number of nitrogens with zero attached hydrogens (tertiary/aromatic N) is 3. The van der Waals surface area contributed by atoms with Crippen molar-refractivity contribution in [1.82, 2.24) is 14.8 Å². The van der Waals surface area contributed by atoms with E-state index >= 15 is 0 Å². The Hall–Kier alpha value is -2.83. The number of primary sulfonamides is 1. The van der Waals surface area contributed by atoms with E-state index in [-0.39, 0.29) is 12.1 Å². The number of aromatic nitrogens is 3. The standard InChI is InChI=1S/C24H19Cl2FN4O4S2/c25-15-8-14(9-16(26)10-15)22-17(5-13-3-4-21(18(27)6-13)37(28,34)35)20(7-12-1-2-12)31(30-22)24-29-19(11-36-24)23(32)33/h3-4,6,8-12H,1-2,5,7H2,(H,32,33)(H2,28,34,35). The normalized spacial score (nSPS) is 13.7. The predicted molar refractivity (Wildman–Crippen MR) is 139 cm³/mol. The number of carboxylic acid groups (broad SMARTS) is 1. The van der Waals surface area contributed by atoms with Crippen LogP contribution in [0, 0.1) is 11.7 Å². The van der Waals surface area contributed by atoms with Gasteiger partial charge in [0.25, 0.3) is 0 Å². The molecule has 1 aliphatic rings. The number of aromatic carboxylic acids is 1. The van der Waals surface area contributed by atoms with Crippen LogP contribution in [0.4, 0.5) is 4.39 Å². The highest BCUT2D eigenvalue weighted by Gasteiger charge is 2.29. The Morgan fingerprint density at radius 2 is 1.89 bits per heavy atom. The van der Waals surface area contributed by atoms with E-state index in [1.165, 1.54) is 11.4 Å². The fraction of sp³-hybridized carbons (Fsp3) is 0.208. The third-order valence-electron chi connectivity index (χ3n) is 5.98. The van der Waals surface area contributed by atoms with E-state index in [0.717, 1.165) is 47.6 Å². The molecule has 0 saturated heterocycles. The summed E-state index contributed by atoms with van der Waals surface area (Å²) in [5.74, 6) is -1.68. The summed E-state index contributed by atoms with van der Waals surface area (Å²) in [7, 11) is -4.21. The molecule has 1 aliphatic carbocycles. The minimum atomic E-state index is -4.21. The molecule has 3 N–H and O–H groups in total. The Morgan fingerprint density at radius 3 is 2.46 bits per heavy atom. The molecule has 0 spiro atoms. The summed E-state index contributed by atoms with van der Waals surface area (Å²) in [4.78, 5) is 15.1. The number of carboxylic acids is 1. The molecule has 2 heterocycles. The van der Waals surface area contributed by atoms with Crippen LogP contribution >= 0.6 is 34.5 Å². The van der Waals surface area contributed by atoms with E-state index < -0.39 is 26.7 Å². The first-order chi connectivity index (χ1) is 17.5. The third-order valence-corrected chi connectivity index (χ3v) is 8.18. The van der Waals surface area contributed by atoms with Crippen molar-refractivity contribution in [1.29, 1.82) is 0 Å². The van der Waals surface area contributed by atoms with Gasteiger partial charge >= 0.3 is 5.97 Å². The Morgan fingerprint density at radius 1 is 1.19 bits per heavy atom. The second-order valence-corrected chi connectivity index (χ2v) is 12.0. The van der Waals surface area contributed by atoms with E-state index in [1.54, 1.807) is 22.9 Å². The SMILES string of the molecule is NS(=O)(=O)c1ccc(Cc2c(-c3cc(Cl)cc(Cl)c3)nn(-c3nc(C(=O)O)cs3)c2CC2CC2)cc1F. The first-order valence-corrected chi connectivity index (χ1v) is 14.3. The van der Waals surface area contributed by atoms with Crippen molar-refractivity contribution in [3.8, 4) is 16.4 Å². The highest BCUT2D eigenvalue weighted by atomic mass is 35.5. The summed E-state index contributed by atoms with van der Waals surface area (Å²) in [5.41, 5.74) is 3.11. The highest BCUT2D eigenvalue weighted by molar-refractivity contribution is 7.89. The van der Waals surface area contributed by atoms with Gasteiger partial charge in [-0.05, 0) is 61.1 Å². The molecule has 0 amide bonds. The Bertz CT molecular complexity index is 1630. The van der Waals surface area contributed by atoms with Gasteiger partial charge in [-0.2, -0.15) is 5.10 Å². The van der Waals surface area contributed by atoms with Crippen LogP contribution in [0.3, 0.4) is 0 Å². The maximum Gasteiger partial charge on any atom is 0.355 e. The number of carbonyl (C=O) groups is 1. The average Bonchev–Trinajstić information content (AvgIpc) is 3.35. The van der Waals surface area contributed by atoms with Gasteiger partial charge in [0.1, 0.15) is 10.7 Å². The van der Waals surface area contributed by atoms with Gasteiger partial charge < -0.3 is 5.11 Å². The van der Waals surface area contributed by atoms with E-state index in [0.29, 0.717) is 44.3 Å². The first kappa shape index (κ1) is 25.8. The van der Waals surface area contributed by atoms with Crippen LogP contribution < -0.4 is 5.14 Å². The highest BCUT2D eigenvalue weighted by Crippen LogP contribution is 2.39. The van der Waals surface area contributed by atoms with Gasteiger partial charge in [0.15, 0.2) is 5.69 Å². The molecule has 0 radical (unpaired) electrons. The summed E-state index contributed by atoms with van der Waals surface area (Å²) in [6.45, 7) is 0. The van der Waals surface area contributed by atoms with Crippen molar-refractivity contribution in [3.63, 3.8) is 0 Å². The lowest BCUT2D eigenvalue weighted by Gasteiger charge is -2.10. The summed E-state index contributed by atoms with van der Waals surface area (Å²) in [6.07, 6.45) is 2.94. The number of benzene rings is 2. The number of hydrogen-bond donors (Lipinski definition) is 2. The lowest BCUT2D eigenvalue weighted by Crippen LogP contribution is -2.14. The second kappa shape index (κ2) is 9.80. The van der Waals surface area contributed by atoms with Crippen molar-refractivity contribution < 1.29 is 22.7 Å². The van der Waals surface area contributed by atoms with Crippen LogP contribution in [0.1, 0.15) is 40.2 Å². The van der Waals surface area contributed by atoms with Gasteiger partial charge in [-0.3, -0.25) is 0 Å². The Balaban J connectivity index is 1.70. The minimum absolute atomic E-state index is 0.0950. The average molecular weight is 581 g/mol. The molecule has 2 aromatic heterocycles. The predicted octanol–water partition coefficient (Wildman–Crippen LogP) is 5.33. The van der Waals surface area contributed by atoms with Gasteiger partial charge in [0.2, 0.25) is 15.2 Å². The number of halogens is 3. The molecule has 0 unspecified atom stereocenters. The molecular weight excluding hydrogens is 562 g/mol. The monoisotopic (exact) mass is 580 g/mol. The van der Waals surface area contributed by atoms with Crippen molar-refractivity contribution in [3.05, 3.63) is 80.2 Å². The van der Waals surface area contributed by atoms with Crippen molar-refractivity contribution in [2.45, 2.75) is 30.6 Å². The maximum atomic E-state index is 14.7. The summed E-state index contributed by atoms with van der Waals surface area (Å²) < 4.78 is 39.6. The zero-order valence-electron chi connectivity index (χ0n) is 19.0. The smallest absolute Gasteiger partial charge is 0.355 e. The molecule has 0 aliphatic heterocycles. The number of thiazole rings is 1. The number of rotatable bonds is 8. The molecule has 0 atom stereocenters. The maximum absolute atomic E-state index is 14.7. The summed E-state index contributed by atoms with van der Waals surface area (Å²) >= 11 is 13.7. The fourth-order valence-corrected chi connectivity index (χ4v) is 5.99. The van der Waals surface area contributed by atoms with E-state index in [4.69, 9.17) is 33.4 Å². The molecule has 2 aromatic carbocycles. The molecule has 13 heteroatoms. The Labute approximate surface area is 225 Å². The van der Waals surface area contributed by atoms with Crippen molar-refractivity contribution >= 4 is 50.5 Å². The number of hydrogen-bond acceptors (Lipinski definition) is 6. The van der Waals surface area contributed by atoms with Gasteiger partial charge in [-0.15, -0.1) is 11.3 Å². The van der Waals surface area contributed by atoms with Crippen LogP contribution in [0.25, 0.3) is 16.4 Å². The van der Waals surface area contributed by atoms with Crippen LogP contribution in [-0.2, 0) is 22.9 Å². The van der Waals surface area contributed by atoms with Gasteiger partial charge in [0.05, 0.1) is 11.4 Å². The molecule has 1 fully saturated rings. The number of nitrogens with two attached hydrogens (primary N) is 1. The fourth-order valence-electron chi connectivity index (χ4n) is 4.11. The van der Waals surface area contributed by atoms with Crippen molar-refractivity contribution in [2.75, 3.05) is 0 Å². The minimum Gasteiger partial charge on any atom is -0.476 e. The van der Waals surface area contributed by atoms with Crippen LogP contribution in [0.2, 0.25) is 10.0 Å². The van der Waals surface area contributed by atoms with E-state index in [1.807, 2.05) is 0 Å². The third kappa shape index (κ3) is 5.55. The molecule has 1 saturated carbocycles. The molecule has 192 valence electrons. The van der Waals surface area contributed by atoms with Gasteiger partial charge in [0, 0.05) is 33.0 Å². The zero-order chi connectivity index (χ0) is 26.5. The molecule has 37 heavy (non-hydrogen) atoms. The molecular formula is C24H19Cl2FN4O4S2. The first-order valence-electron chi connectivity index (χ1n) is 11.1. The lowest BCUT2D eigenvalue weighted by atomic mass is 9.97. The van der Waals surface area contributed by atoms with Crippen LogP contribution in [0.5, 0.6) is 0 Å². The summed E-state index contributed by atoms with van der Waals surface area (Å²) in [5, 5.41) is 21.9. The topological polar surface area (TPSA) is 128 Å². The lowest BCUT2D eigenvalue weighted by molar-refractivity contribution is 0.0691. The van der Waals surface area contributed by atoms with E-state index in [2.05, 4.69) is 4.98 Å². The molecule has 8 nitrogen and oxygen atoms in total. The van der Waals surface area contributed by atoms with Gasteiger partial charge in [-0.1, -0.05) is 29.3 Å². The van der Waals surface area contributed by atoms with Crippen molar-refractivity contribution in [2.24, 2.45) is 11.1 Å². The molecule has 4 aromatic rings. The molecule has 5 rings (SSSR count). The largest absolute Gasteiger partial charge is 0.476 e.